The van der Waals surface area contributed by atoms with Crippen LogP contribution in [-0.4, -0.2) is 46.8 Å². The minimum absolute atomic E-state index is 0.0161. The lowest BCUT2D eigenvalue weighted by Gasteiger charge is -2.32. The number of aromatic amines is 1. The van der Waals surface area contributed by atoms with Gasteiger partial charge in [0.05, 0.1) is 18.4 Å². The number of morpholine rings is 1. The van der Waals surface area contributed by atoms with Gasteiger partial charge in [0, 0.05) is 23.1 Å². The number of ether oxygens (including phenoxy) is 1. The van der Waals surface area contributed by atoms with Crippen LogP contribution in [0.2, 0.25) is 0 Å². The van der Waals surface area contributed by atoms with Crippen LogP contribution in [0.3, 0.4) is 0 Å². The summed E-state index contributed by atoms with van der Waals surface area (Å²) in [5.74, 6) is -0.0161. The number of nitrogens with zero attached hydrogens (tertiary/aromatic N) is 2. The molecule has 22 heavy (non-hydrogen) atoms. The number of amides is 1. The van der Waals surface area contributed by atoms with Crippen molar-refractivity contribution in [2.75, 3.05) is 19.7 Å². The zero-order chi connectivity index (χ0) is 15.5. The highest BCUT2D eigenvalue weighted by Gasteiger charge is 2.25. The third kappa shape index (κ3) is 3.23. The van der Waals surface area contributed by atoms with Gasteiger partial charge in [0.25, 0.3) is 5.91 Å². The van der Waals surface area contributed by atoms with Crippen LogP contribution in [-0.2, 0) is 4.74 Å². The van der Waals surface area contributed by atoms with Crippen LogP contribution in [0.4, 0.5) is 0 Å². The van der Waals surface area contributed by atoms with Crippen molar-refractivity contribution in [3.05, 3.63) is 40.5 Å². The molecule has 6 heteroatoms. The molecule has 1 aromatic heterocycles. The van der Waals surface area contributed by atoms with Gasteiger partial charge in [-0.1, -0.05) is 35.0 Å². The molecule has 0 bridgehead atoms. The molecule has 1 N–H and O–H groups in total. The fourth-order valence-corrected chi connectivity index (χ4v) is 2.79. The Labute approximate surface area is 137 Å². The molecule has 0 aliphatic carbocycles. The van der Waals surface area contributed by atoms with E-state index in [0.717, 1.165) is 22.2 Å². The Bertz CT molecular complexity index is 654. The van der Waals surface area contributed by atoms with Crippen molar-refractivity contribution >= 4 is 21.8 Å². The maximum absolute atomic E-state index is 12.6. The van der Waals surface area contributed by atoms with E-state index < -0.39 is 0 Å². The zero-order valence-corrected chi connectivity index (χ0v) is 14.0. The number of nitrogens with one attached hydrogen (secondary N) is 1. The normalized spacial score (nSPS) is 18.5. The first-order chi connectivity index (χ1) is 10.7. The molecule has 2 heterocycles. The number of hydrogen-bond acceptors (Lipinski definition) is 3. The van der Waals surface area contributed by atoms with E-state index in [1.165, 1.54) is 0 Å². The maximum Gasteiger partial charge on any atom is 0.272 e. The quantitative estimate of drug-likeness (QED) is 0.911. The smallest absolute Gasteiger partial charge is 0.272 e. The van der Waals surface area contributed by atoms with E-state index in [1.54, 1.807) is 0 Å². The molecule has 1 aliphatic rings. The van der Waals surface area contributed by atoms with Gasteiger partial charge in [0.1, 0.15) is 5.69 Å². The number of aromatic nitrogens is 2. The lowest BCUT2D eigenvalue weighted by molar-refractivity contribution is -0.0228. The van der Waals surface area contributed by atoms with Crippen molar-refractivity contribution in [1.82, 2.24) is 15.1 Å². The van der Waals surface area contributed by atoms with E-state index in [9.17, 15) is 4.79 Å². The Morgan fingerprint density at radius 1 is 1.45 bits per heavy atom. The zero-order valence-electron chi connectivity index (χ0n) is 12.4. The number of H-pyrrole nitrogens is 1. The van der Waals surface area contributed by atoms with E-state index in [-0.39, 0.29) is 12.0 Å². The van der Waals surface area contributed by atoms with Crippen LogP contribution in [0.25, 0.3) is 11.3 Å². The molecule has 1 aromatic carbocycles. The predicted molar refractivity (Wildman–Crippen MR) is 87.7 cm³/mol. The van der Waals surface area contributed by atoms with Gasteiger partial charge in [-0.15, -0.1) is 0 Å². The number of carbonyl (C=O) groups excluding carboxylic acids is 1. The van der Waals surface area contributed by atoms with Crippen LogP contribution in [0.1, 0.15) is 23.8 Å². The number of carbonyl (C=O) groups is 1. The average molecular weight is 364 g/mol. The van der Waals surface area contributed by atoms with Crippen molar-refractivity contribution in [2.45, 2.75) is 19.4 Å². The van der Waals surface area contributed by atoms with Gasteiger partial charge in [0.2, 0.25) is 0 Å². The Balaban J connectivity index is 1.75. The molecule has 3 rings (SSSR count). The van der Waals surface area contributed by atoms with Crippen LogP contribution < -0.4 is 0 Å². The van der Waals surface area contributed by atoms with E-state index in [4.69, 9.17) is 4.74 Å². The molecular weight excluding hydrogens is 346 g/mol. The molecule has 5 nitrogen and oxygen atoms in total. The molecule has 0 spiro atoms. The minimum atomic E-state index is -0.0161. The van der Waals surface area contributed by atoms with Gasteiger partial charge in [-0.2, -0.15) is 5.10 Å². The van der Waals surface area contributed by atoms with Gasteiger partial charge in [0.15, 0.2) is 0 Å². The standard InChI is InChI=1S/C16H18BrN3O2/c1-2-13-10-20(7-8-22-13)16(21)15-9-14(18-19-15)11-3-5-12(17)6-4-11/h3-6,9,13H,2,7-8,10H2,1H3,(H,18,19)/t13-/m1/s1. The lowest BCUT2D eigenvalue weighted by Crippen LogP contribution is -2.45. The van der Waals surface area contributed by atoms with Gasteiger partial charge < -0.3 is 9.64 Å². The molecule has 0 unspecified atom stereocenters. The van der Waals surface area contributed by atoms with E-state index in [1.807, 2.05) is 35.2 Å². The highest BCUT2D eigenvalue weighted by atomic mass is 79.9. The van der Waals surface area contributed by atoms with E-state index >= 15 is 0 Å². The highest BCUT2D eigenvalue weighted by molar-refractivity contribution is 9.10. The summed E-state index contributed by atoms with van der Waals surface area (Å²) < 4.78 is 6.62. The molecule has 1 atom stereocenters. The van der Waals surface area contributed by atoms with Crippen LogP contribution in [0, 0.1) is 0 Å². The molecule has 1 fully saturated rings. The molecule has 2 aromatic rings. The SMILES string of the molecule is CC[C@@H]1CN(C(=O)c2cc(-c3ccc(Br)cc3)n[nH]2)CCO1. The summed E-state index contributed by atoms with van der Waals surface area (Å²) in [5.41, 5.74) is 2.28. The largest absolute Gasteiger partial charge is 0.375 e. The Morgan fingerprint density at radius 2 is 2.23 bits per heavy atom. The number of benzene rings is 1. The third-order valence-electron chi connectivity index (χ3n) is 3.83. The summed E-state index contributed by atoms with van der Waals surface area (Å²) >= 11 is 3.41. The Hall–Kier alpha value is -1.66. The van der Waals surface area contributed by atoms with Crippen LogP contribution in [0.5, 0.6) is 0 Å². The Morgan fingerprint density at radius 3 is 2.95 bits per heavy atom. The fourth-order valence-electron chi connectivity index (χ4n) is 2.52. The molecule has 1 aliphatic heterocycles. The number of halogens is 1. The summed E-state index contributed by atoms with van der Waals surface area (Å²) in [6.07, 6.45) is 1.04. The first-order valence-corrected chi connectivity index (χ1v) is 8.19. The van der Waals surface area contributed by atoms with Crippen molar-refractivity contribution in [3.63, 3.8) is 0 Å². The molecule has 116 valence electrons. The van der Waals surface area contributed by atoms with Crippen LogP contribution >= 0.6 is 15.9 Å². The fraction of sp³-hybridized carbons (Fsp3) is 0.375. The average Bonchev–Trinajstić information content (AvgIpc) is 3.05. The van der Waals surface area contributed by atoms with Gasteiger partial charge in [-0.3, -0.25) is 9.89 Å². The first-order valence-electron chi connectivity index (χ1n) is 7.39. The topological polar surface area (TPSA) is 58.2 Å². The van der Waals surface area contributed by atoms with Crippen molar-refractivity contribution < 1.29 is 9.53 Å². The summed E-state index contributed by atoms with van der Waals surface area (Å²) in [6, 6.07) is 9.66. The third-order valence-corrected chi connectivity index (χ3v) is 4.36. The summed E-state index contributed by atoms with van der Waals surface area (Å²) in [5, 5.41) is 7.11. The number of hydrogen-bond donors (Lipinski definition) is 1. The molecule has 1 saturated heterocycles. The van der Waals surface area contributed by atoms with E-state index in [0.29, 0.717) is 25.4 Å². The first kappa shape index (κ1) is 15.2. The predicted octanol–water partition coefficient (Wildman–Crippen LogP) is 3.09. The van der Waals surface area contributed by atoms with Crippen LogP contribution in [0.15, 0.2) is 34.8 Å². The molecule has 0 radical (unpaired) electrons. The molecule has 1 amide bonds. The van der Waals surface area contributed by atoms with Gasteiger partial charge in [-0.25, -0.2) is 0 Å². The monoisotopic (exact) mass is 363 g/mol. The lowest BCUT2D eigenvalue weighted by atomic mass is 10.1. The molecular formula is C16H18BrN3O2. The summed E-state index contributed by atoms with van der Waals surface area (Å²) in [6.45, 7) is 3.93. The highest BCUT2D eigenvalue weighted by Crippen LogP contribution is 2.21. The van der Waals surface area contributed by atoms with Gasteiger partial charge >= 0.3 is 0 Å². The van der Waals surface area contributed by atoms with Crippen molar-refractivity contribution in [2.24, 2.45) is 0 Å². The molecule has 0 saturated carbocycles. The van der Waals surface area contributed by atoms with E-state index in [2.05, 4.69) is 33.1 Å². The second-order valence-corrected chi connectivity index (χ2v) is 6.24. The summed E-state index contributed by atoms with van der Waals surface area (Å²) in [7, 11) is 0. The Kier molecular flexibility index (Phi) is 4.59. The van der Waals surface area contributed by atoms with Crippen molar-refractivity contribution in [1.29, 1.82) is 0 Å². The van der Waals surface area contributed by atoms with Crippen molar-refractivity contribution in [3.8, 4) is 11.3 Å². The second kappa shape index (κ2) is 6.62. The number of rotatable bonds is 3. The minimum Gasteiger partial charge on any atom is -0.375 e. The summed E-state index contributed by atoms with van der Waals surface area (Å²) in [4.78, 5) is 14.4. The second-order valence-electron chi connectivity index (χ2n) is 5.33. The van der Waals surface area contributed by atoms with Gasteiger partial charge in [-0.05, 0) is 24.6 Å². The maximum atomic E-state index is 12.6.